The molecule has 0 amide bonds. The first-order valence-electron chi connectivity index (χ1n) is 6.75. The number of oxazole rings is 1. The lowest BCUT2D eigenvalue weighted by atomic mass is 10.1. The first kappa shape index (κ1) is 16.1. The molecule has 3 aromatic rings. The number of hydrogen-bond donors (Lipinski definition) is 0. The zero-order valence-electron chi connectivity index (χ0n) is 11.8. The largest absolute Gasteiger partial charge is 0.431 e. The quantitative estimate of drug-likeness (QED) is 0.435. The van der Waals surface area contributed by atoms with Crippen molar-refractivity contribution in [2.75, 3.05) is 5.75 Å². The van der Waals surface area contributed by atoms with E-state index in [2.05, 4.69) is 4.98 Å². The molecule has 0 aliphatic heterocycles. The number of carbonyl (C=O) groups excluding carboxylic acids is 1. The van der Waals surface area contributed by atoms with Gasteiger partial charge in [-0.05, 0) is 48.5 Å². The Bertz CT molecular complexity index is 813. The van der Waals surface area contributed by atoms with Crippen LogP contribution in [0.1, 0.15) is 10.4 Å². The molecule has 23 heavy (non-hydrogen) atoms. The van der Waals surface area contributed by atoms with Crippen LogP contribution in [0.25, 0.3) is 11.3 Å². The average molecular weight is 364 g/mol. The van der Waals surface area contributed by atoms with Crippen molar-refractivity contribution >= 4 is 40.7 Å². The minimum Gasteiger partial charge on any atom is -0.431 e. The van der Waals surface area contributed by atoms with Gasteiger partial charge < -0.3 is 4.42 Å². The molecule has 0 aliphatic carbocycles. The van der Waals surface area contributed by atoms with Crippen molar-refractivity contribution in [2.24, 2.45) is 0 Å². The van der Waals surface area contributed by atoms with Crippen LogP contribution in [-0.4, -0.2) is 16.5 Å². The molecule has 0 spiro atoms. The summed E-state index contributed by atoms with van der Waals surface area (Å²) in [5, 5.41) is 1.73. The Morgan fingerprint density at radius 1 is 1.00 bits per heavy atom. The van der Waals surface area contributed by atoms with E-state index in [1.165, 1.54) is 11.8 Å². The third-order valence-corrected chi connectivity index (χ3v) is 4.45. The lowest BCUT2D eigenvalue weighted by Crippen LogP contribution is -2.01. The molecule has 3 nitrogen and oxygen atoms in total. The standard InChI is InChI=1S/C17H11Cl2NO2S/c18-13-5-1-11(2-6-13)15(21)10-23-17-20-9-16(22-17)12-3-7-14(19)8-4-12/h1-9H,10H2. The molecule has 2 aromatic carbocycles. The first-order chi connectivity index (χ1) is 11.1. The van der Waals surface area contributed by atoms with Gasteiger partial charge in [0.25, 0.3) is 5.22 Å². The molecule has 0 N–H and O–H groups in total. The van der Waals surface area contributed by atoms with Crippen molar-refractivity contribution < 1.29 is 9.21 Å². The number of nitrogens with zero attached hydrogens (tertiary/aromatic N) is 1. The summed E-state index contributed by atoms with van der Waals surface area (Å²) in [7, 11) is 0. The van der Waals surface area contributed by atoms with Crippen molar-refractivity contribution in [2.45, 2.75) is 5.22 Å². The molecular formula is C17H11Cl2NO2S. The van der Waals surface area contributed by atoms with Gasteiger partial charge in [-0.1, -0.05) is 35.0 Å². The molecule has 0 radical (unpaired) electrons. The fourth-order valence-corrected chi connectivity index (χ4v) is 2.87. The van der Waals surface area contributed by atoms with Crippen LogP contribution >= 0.6 is 35.0 Å². The SMILES string of the molecule is O=C(CSc1ncc(-c2ccc(Cl)cc2)o1)c1ccc(Cl)cc1. The number of hydrogen-bond acceptors (Lipinski definition) is 4. The number of thioether (sulfide) groups is 1. The maximum absolute atomic E-state index is 12.1. The molecule has 0 fully saturated rings. The lowest BCUT2D eigenvalue weighted by Gasteiger charge is -1.99. The summed E-state index contributed by atoms with van der Waals surface area (Å²) in [6, 6.07) is 14.1. The highest BCUT2D eigenvalue weighted by atomic mass is 35.5. The monoisotopic (exact) mass is 363 g/mol. The molecule has 0 aliphatic rings. The Balaban J connectivity index is 1.64. The highest BCUT2D eigenvalue weighted by Crippen LogP contribution is 2.27. The molecule has 3 rings (SSSR count). The van der Waals surface area contributed by atoms with Crippen molar-refractivity contribution in [3.63, 3.8) is 0 Å². The van der Waals surface area contributed by atoms with Gasteiger partial charge >= 0.3 is 0 Å². The van der Waals surface area contributed by atoms with Gasteiger partial charge in [-0.2, -0.15) is 0 Å². The molecule has 0 unspecified atom stereocenters. The molecule has 0 atom stereocenters. The van der Waals surface area contributed by atoms with E-state index in [0.717, 1.165) is 5.56 Å². The number of benzene rings is 2. The fourth-order valence-electron chi connectivity index (χ4n) is 1.92. The van der Waals surface area contributed by atoms with Crippen molar-refractivity contribution in [1.82, 2.24) is 4.98 Å². The van der Waals surface area contributed by atoms with Crippen LogP contribution in [0, 0.1) is 0 Å². The maximum atomic E-state index is 12.1. The van der Waals surface area contributed by atoms with Crippen LogP contribution in [0.2, 0.25) is 10.0 Å². The third-order valence-electron chi connectivity index (χ3n) is 3.11. The zero-order chi connectivity index (χ0) is 16.2. The molecule has 1 heterocycles. The van der Waals surface area contributed by atoms with E-state index in [4.69, 9.17) is 27.6 Å². The minimum absolute atomic E-state index is 0.00194. The fraction of sp³-hybridized carbons (Fsp3) is 0.0588. The molecule has 0 saturated heterocycles. The Morgan fingerprint density at radius 3 is 2.26 bits per heavy atom. The Kier molecular flexibility index (Phi) is 5.06. The second kappa shape index (κ2) is 7.21. The first-order valence-corrected chi connectivity index (χ1v) is 8.49. The summed E-state index contributed by atoms with van der Waals surface area (Å²) in [6.45, 7) is 0. The van der Waals surface area contributed by atoms with E-state index < -0.39 is 0 Å². The van der Waals surface area contributed by atoms with Gasteiger partial charge in [0.05, 0.1) is 11.9 Å². The molecule has 116 valence electrons. The van der Waals surface area contributed by atoms with Crippen molar-refractivity contribution in [3.8, 4) is 11.3 Å². The predicted octanol–water partition coefficient (Wildman–Crippen LogP) is 5.62. The van der Waals surface area contributed by atoms with Gasteiger partial charge in [0.15, 0.2) is 11.5 Å². The summed E-state index contributed by atoms with van der Waals surface area (Å²) >= 11 is 12.9. The van der Waals surface area contributed by atoms with Gasteiger partial charge in [-0.3, -0.25) is 4.79 Å². The highest BCUT2D eigenvalue weighted by Gasteiger charge is 2.11. The average Bonchev–Trinajstić information content (AvgIpc) is 3.03. The molecule has 6 heteroatoms. The summed E-state index contributed by atoms with van der Waals surface area (Å²) in [6.07, 6.45) is 1.64. The van der Waals surface area contributed by atoms with E-state index in [1.54, 1.807) is 42.6 Å². The van der Waals surface area contributed by atoms with Crippen LogP contribution in [-0.2, 0) is 0 Å². The van der Waals surface area contributed by atoms with Crippen LogP contribution < -0.4 is 0 Å². The summed E-state index contributed by atoms with van der Waals surface area (Å²) in [5.74, 6) is 0.892. The maximum Gasteiger partial charge on any atom is 0.256 e. The van der Waals surface area contributed by atoms with Crippen LogP contribution in [0.15, 0.2) is 64.4 Å². The topological polar surface area (TPSA) is 43.1 Å². The van der Waals surface area contributed by atoms with E-state index >= 15 is 0 Å². The second-order valence-electron chi connectivity index (χ2n) is 4.72. The molecule has 0 bridgehead atoms. The zero-order valence-corrected chi connectivity index (χ0v) is 14.2. The van der Waals surface area contributed by atoms with E-state index in [1.807, 2.05) is 12.1 Å². The number of Topliss-reactive ketones (excluding diaryl/α,β-unsaturated/α-hetero) is 1. The smallest absolute Gasteiger partial charge is 0.256 e. The Hall–Kier alpha value is -1.75. The van der Waals surface area contributed by atoms with Gasteiger partial charge in [-0.25, -0.2) is 4.98 Å². The van der Waals surface area contributed by atoms with Crippen LogP contribution in [0.4, 0.5) is 0 Å². The van der Waals surface area contributed by atoms with Gasteiger partial charge in [0, 0.05) is 21.2 Å². The van der Waals surface area contributed by atoms with Gasteiger partial charge in [0.1, 0.15) is 0 Å². The molecule has 1 aromatic heterocycles. The number of rotatable bonds is 5. The summed E-state index contributed by atoms with van der Waals surface area (Å²) < 4.78 is 5.65. The Labute approximate surface area is 147 Å². The van der Waals surface area contributed by atoms with E-state index in [0.29, 0.717) is 26.6 Å². The Morgan fingerprint density at radius 2 is 1.61 bits per heavy atom. The third kappa shape index (κ3) is 4.16. The van der Waals surface area contributed by atoms with Crippen LogP contribution in [0.5, 0.6) is 0 Å². The number of ketones is 1. The molecular weight excluding hydrogens is 353 g/mol. The van der Waals surface area contributed by atoms with E-state index in [-0.39, 0.29) is 11.5 Å². The lowest BCUT2D eigenvalue weighted by molar-refractivity contribution is 0.102. The number of carbonyl (C=O) groups is 1. The van der Waals surface area contributed by atoms with Crippen molar-refractivity contribution in [3.05, 3.63) is 70.3 Å². The summed E-state index contributed by atoms with van der Waals surface area (Å²) in [5.41, 5.74) is 1.50. The van der Waals surface area contributed by atoms with Crippen LogP contribution in [0.3, 0.4) is 0 Å². The summed E-state index contributed by atoms with van der Waals surface area (Å²) in [4.78, 5) is 16.3. The normalized spacial score (nSPS) is 10.7. The minimum atomic E-state index is -0.00194. The number of aromatic nitrogens is 1. The van der Waals surface area contributed by atoms with E-state index in [9.17, 15) is 4.79 Å². The van der Waals surface area contributed by atoms with Gasteiger partial charge in [-0.15, -0.1) is 0 Å². The van der Waals surface area contributed by atoms with Crippen molar-refractivity contribution in [1.29, 1.82) is 0 Å². The number of halogens is 2. The molecule has 0 saturated carbocycles. The highest BCUT2D eigenvalue weighted by molar-refractivity contribution is 7.99. The van der Waals surface area contributed by atoms with Gasteiger partial charge in [0.2, 0.25) is 0 Å². The predicted molar refractivity (Wildman–Crippen MR) is 93.5 cm³/mol. The second-order valence-corrected chi connectivity index (χ2v) is 6.52.